The summed E-state index contributed by atoms with van der Waals surface area (Å²) < 4.78 is 11.3. The summed E-state index contributed by atoms with van der Waals surface area (Å²) in [5.74, 6) is -1.53. The normalized spacial score (nSPS) is 15.2. The average Bonchev–Trinajstić information content (AvgIpc) is 2.79. The van der Waals surface area contributed by atoms with Crippen LogP contribution in [-0.2, 0) is 4.79 Å². The topological polar surface area (TPSA) is 114 Å². The Balaban J connectivity index is 1.69. The van der Waals surface area contributed by atoms with E-state index in [2.05, 4.69) is 0 Å². The summed E-state index contributed by atoms with van der Waals surface area (Å²) in [5.41, 5.74) is 2.42. The Morgan fingerprint density at radius 2 is 1.66 bits per heavy atom. The van der Waals surface area contributed by atoms with Crippen molar-refractivity contribution in [3.8, 4) is 22.6 Å². The minimum atomic E-state index is -1.04. The summed E-state index contributed by atoms with van der Waals surface area (Å²) in [6.07, 6.45) is 1.39. The van der Waals surface area contributed by atoms with Gasteiger partial charge >= 0.3 is 11.9 Å². The molecule has 0 saturated carbocycles. The zero-order valence-corrected chi connectivity index (χ0v) is 16.6. The number of carboxylic acids is 1. The van der Waals surface area contributed by atoms with Gasteiger partial charge in [0.1, 0.15) is 23.3 Å². The first kappa shape index (κ1) is 19.6. The number of carbonyl (C=O) groups excluding carboxylic acids is 1. The fourth-order valence-corrected chi connectivity index (χ4v) is 4.04. The Morgan fingerprint density at radius 3 is 2.34 bits per heavy atom. The smallest absolute Gasteiger partial charge is 0.335 e. The van der Waals surface area contributed by atoms with Crippen molar-refractivity contribution in [3.05, 3.63) is 93.8 Å². The SMILES string of the molecule is O=C1CC(c2ccc(C(=O)O)cc2)c2c(ccc3c(=O)c(-c4ccc(O)cc4)coc23)O1. The van der Waals surface area contributed by atoms with Crippen molar-refractivity contribution in [2.24, 2.45) is 0 Å². The summed E-state index contributed by atoms with van der Waals surface area (Å²) in [6, 6.07) is 15.6. The number of esters is 1. The Bertz CT molecular complexity index is 1430. The highest BCUT2D eigenvalue weighted by atomic mass is 16.5. The second-order valence-electron chi connectivity index (χ2n) is 7.54. The average molecular weight is 428 g/mol. The predicted octanol–water partition coefficient (Wildman–Crippen LogP) is 4.30. The third-order valence-corrected chi connectivity index (χ3v) is 5.62. The molecular weight excluding hydrogens is 412 g/mol. The van der Waals surface area contributed by atoms with Crippen molar-refractivity contribution in [2.75, 3.05) is 0 Å². The lowest BCUT2D eigenvalue weighted by Crippen LogP contribution is -2.22. The van der Waals surface area contributed by atoms with Crippen LogP contribution in [0.3, 0.4) is 0 Å². The number of benzene rings is 3. The second kappa shape index (κ2) is 7.39. The van der Waals surface area contributed by atoms with Crippen molar-refractivity contribution in [1.29, 1.82) is 0 Å². The van der Waals surface area contributed by atoms with Gasteiger partial charge in [-0.2, -0.15) is 0 Å². The zero-order chi connectivity index (χ0) is 22.4. The third-order valence-electron chi connectivity index (χ3n) is 5.62. The van der Waals surface area contributed by atoms with Gasteiger partial charge in [0, 0.05) is 11.5 Å². The van der Waals surface area contributed by atoms with E-state index in [1.165, 1.54) is 30.5 Å². The minimum Gasteiger partial charge on any atom is -0.508 e. The summed E-state index contributed by atoms with van der Waals surface area (Å²) in [6.45, 7) is 0. The Kier molecular flexibility index (Phi) is 4.52. The van der Waals surface area contributed by atoms with Crippen LogP contribution in [0.1, 0.15) is 33.8 Å². The van der Waals surface area contributed by atoms with Crippen molar-refractivity contribution in [1.82, 2.24) is 0 Å². The minimum absolute atomic E-state index is 0.0297. The van der Waals surface area contributed by atoms with Crippen molar-refractivity contribution < 1.29 is 29.0 Å². The van der Waals surface area contributed by atoms with Gasteiger partial charge in [-0.05, 0) is 47.5 Å². The molecule has 1 aromatic heterocycles. The van der Waals surface area contributed by atoms with Crippen molar-refractivity contribution in [3.63, 3.8) is 0 Å². The van der Waals surface area contributed by atoms with E-state index >= 15 is 0 Å². The summed E-state index contributed by atoms with van der Waals surface area (Å²) >= 11 is 0. The van der Waals surface area contributed by atoms with E-state index in [1.807, 2.05) is 0 Å². The predicted molar refractivity (Wildman–Crippen MR) is 115 cm³/mol. The lowest BCUT2D eigenvalue weighted by Gasteiger charge is -2.25. The molecule has 7 heteroatoms. The van der Waals surface area contributed by atoms with Gasteiger partial charge in [0.15, 0.2) is 0 Å². The van der Waals surface area contributed by atoms with Crippen LogP contribution >= 0.6 is 0 Å². The lowest BCUT2D eigenvalue weighted by molar-refractivity contribution is -0.135. The third kappa shape index (κ3) is 3.20. The van der Waals surface area contributed by atoms with E-state index in [4.69, 9.17) is 14.3 Å². The number of carboxylic acid groups (broad SMARTS) is 1. The fraction of sp³-hybridized carbons (Fsp3) is 0.0800. The number of carbonyl (C=O) groups is 2. The molecule has 0 radical (unpaired) electrons. The molecule has 4 aromatic rings. The molecule has 0 saturated heterocycles. The van der Waals surface area contributed by atoms with Gasteiger partial charge in [0.2, 0.25) is 5.43 Å². The monoisotopic (exact) mass is 428 g/mol. The van der Waals surface area contributed by atoms with Gasteiger partial charge in [-0.3, -0.25) is 9.59 Å². The van der Waals surface area contributed by atoms with E-state index in [1.54, 1.807) is 36.4 Å². The number of ether oxygens (including phenoxy) is 1. The van der Waals surface area contributed by atoms with Gasteiger partial charge in [-0.15, -0.1) is 0 Å². The molecule has 7 nitrogen and oxygen atoms in total. The van der Waals surface area contributed by atoms with Crippen LogP contribution in [-0.4, -0.2) is 22.2 Å². The molecule has 1 aliphatic heterocycles. The molecule has 1 atom stereocenters. The van der Waals surface area contributed by atoms with Crippen LogP contribution in [0.2, 0.25) is 0 Å². The number of hydrogen-bond acceptors (Lipinski definition) is 6. The van der Waals surface area contributed by atoms with E-state index in [9.17, 15) is 19.5 Å². The summed E-state index contributed by atoms with van der Waals surface area (Å²) in [5, 5.41) is 19.0. The molecule has 32 heavy (non-hydrogen) atoms. The standard InChI is InChI=1S/C25H16O7/c26-16-7-5-14(6-8-16)19-12-31-24-17(23(19)28)9-10-20-22(24)18(11-21(27)32-20)13-1-3-15(4-2-13)25(29)30/h1-10,12,18,26H,11H2,(H,29,30). The first-order valence-electron chi connectivity index (χ1n) is 9.84. The van der Waals surface area contributed by atoms with Crippen LogP contribution in [0.5, 0.6) is 11.5 Å². The van der Waals surface area contributed by atoms with Gasteiger partial charge in [0.05, 0.1) is 22.9 Å². The first-order valence-corrected chi connectivity index (χ1v) is 9.84. The maximum Gasteiger partial charge on any atom is 0.335 e. The van der Waals surface area contributed by atoms with Crippen LogP contribution < -0.4 is 10.2 Å². The van der Waals surface area contributed by atoms with Gasteiger partial charge in [0.25, 0.3) is 0 Å². The number of rotatable bonds is 3. The number of fused-ring (bicyclic) bond motifs is 3. The van der Waals surface area contributed by atoms with Gasteiger partial charge < -0.3 is 19.4 Å². The quantitative estimate of drug-likeness (QED) is 0.369. The van der Waals surface area contributed by atoms with Crippen LogP contribution in [0.25, 0.3) is 22.1 Å². The largest absolute Gasteiger partial charge is 0.508 e. The van der Waals surface area contributed by atoms with E-state index < -0.39 is 17.9 Å². The Hall–Kier alpha value is -4.39. The Morgan fingerprint density at radius 1 is 0.938 bits per heavy atom. The summed E-state index contributed by atoms with van der Waals surface area (Å²) in [4.78, 5) is 36.6. The number of hydrogen-bond donors (Lipinski definition) is 2. The van der Waals surface area contributed by atoms with Gasteiger partial charge in [-0.25, -0.2) is 4.79 Å². The molecule has 158 valence electrons. The highest BCUT2D eigenvalue weighted by molar-refractivity contribution is 5.91. The fourth-order valence-electron chi connectivity index (χ4n) is 4.04. The van der Waals surface area contributed by atoms with Crippen LogP contribution in [0.4, 0.5) is 0 Å². The van der Waals surface area contributed by atoms with E-state index in [0.717, 1.165) is 0 Å². The van der Waals surface area contributed by atoms with E-state index in [0.29, 0.717) is 39.0 Å². The number of aromatic hydroxyl groups is 1. The molecule has 0 amide bonds. The Labute approximate surface area is 181 Å². The number of phenolic OH excluding ortho intramolecular Hbond substituents is 1. The van der Waals surface area contributed by atoms with Gasteiger partial charge in [-0.1, -0.05) is 24.3 Å². The number of phenols is 1. The summed E-state index contributed by atoms with van der Waals surface area (Å²) in [7, 11) is 0. The zero-order valence-electron chi connectivity index (χ0n) is 16.6. The molecule has 0 bridgehead atoms. The molecule has 0 aliphatic carbocycles. The molecule has 1 unspecified atom stereocenters. The second-order valence-corrected chi connectivity index (χ2v) is 7.54. The maximum atomic E-state index is 13.2. The molecule has 5 rings (SSSR count). The highest BCUT2D eigenvalue weighted by Crippen LogP contribution is 2.42. The van der Waals surface area contributed by atoms with E-state index in [-0.39, 0.29) is 23.2 Å². The molecule has 3 aromatic carbocycles. The molecule has 2 heterocycles. The lowest BCUT2D eigenvalue weighted by atomic mass is 9.85. The molecule has 0 fully saturated rings. The molecule has 0 spiro atoms. The number of aromatic carboxylic acids is 1. The molecule has 2 N–H and O–H groups in total. The molecular formula is C25H16O7. The van der Waals surface area contributed by atoms with Crippen LogP contribution in [0.15, 0.2) is 76.1 Å². The maximum absolute atomic E-state index is 13.2. The molecule has 1 aliphatic rings. The first-order chi connectivity index (χ1) is 15.4. The van der Waals surface area contributed by atoms with Crippen LogP contribution in [0, 0.1) is 0 Å². The highest BCUT2D eigenvalue weighted by Gasteiger charge is 2.32. The van der Waals surface area contributed by atoms with Crippen molar-refractivity contribution in [2.45, 2.75) is 12.3 Å². The van der Waals surface area contributed by atoms with Crippen molar-refractivity contribution >= 4 is 22.9 Å².